The van der Waals surface area contributed by atoms with E-state index in [9.17, 15) is 4.79 Å². The van der Waals surface area contributed by atoms with Crippen LogP contribution in [0.5, 0.6) is 0 Å². The molecular weight excluding hydrogens is 330 g/mol. The van der Waals surface area contributed by atoms with E-state index in [4.69, 9.17) is 11.6 Å². The lowest BCUT2D eigenvalue weighted by Gasteiger charge is -2.23. The van der Waals surface area contributed by atoms with E-state index < -0.39 is 0 Å². The van der Waals surface area contributed by atoms with Crippen molar-refractivity contribution in [2.24, 2.45) is 0 Å². The van der Waals surface area contributed by atoms with Gasteiger partial charge in [-0.15, -0.1) is 0 Å². The fraction of sp³-hybridized carbons (Fsp3) is 0.136. The molecule has 2 nitrogen and oxygen atoms in total. The second-order valence-corrected chi connectivity index (χ2v) is 6.46. The van der Waals surface area contributed by atoms with Crippen molar-refractivity contribution < 1.29 is 4.79 Å². The highest BCUT2D eigenvalue weighted by Crippen LogP contribution is 2.14. The highest BCUT2D eigenvalue weighted by Gasteiger charge is 2.15. The molecule has 0 unspecified atom stereocenters. The fourth-order valence-electron chi connectivity index (χ4n) is 2.73. The Labute approximate surface area is 153 Å². The summed E-state index contributed by atoms with van der Waals surface area (Å²) in [6.45, 7) is 1.20. The Kier molecular flexibility index (Phi) is 5.86. The van der Waals surface area contributed by atoms with Crippen molar-refractivity contribution in [3.8, 4) is 0 Å². The normalized spacial score (nSPS) is 10.4. The minimum atomic E-state index is 0.107. The van der Waals surface area contributed by atoms with Gasteiger partial charge in [-0.05, 0) is 28.8 Å². The molecule has 0 saturated heterocycles. The number of hydrogen-bond donors (Lipinski definition) is 0. The van der Waals surface area contributed by atoms with Gasteiger partial charge < -0.3 is 4.90 Å². The Morgan fingerprint density at radius 2 is 1.16 bits per heavy atom. The molecule has 0 bridgehead atoms. The third kappa shape index (κ3) is 5.20. The topological polar surface area (TPSA) is 20.3 Å². The van der Waals surface area contributed by atoms with Crippen LogP contribution in [0.2, 0.25) is 5.02 Å². The van der Waals surface area contributed by atoms with E-state index >= 15 is 0 Å². The molecule has 3 aromatic carbocycles. The van der Waals surface area contributed by atoms with Crippen molar-refractivity contribution in [3.05, 3.63) is 107 Å². The Hall–Kier alpha value is -2.58. The Morgan fingerprint density at radius 3 is 1.64 bits per heavy atom. The molecule has 0 atom stereocenters. The van der Waals surface area contributed by atoms with Gasteiger partial charge >= 0.3 is 0 Å². The molecule has 0 spiro atoms. The van der Waals surface area contributed by atoms with Crippen LogP contribution in [-0.2, 0) is 24.3 Å². The maximum Gasteiger partial charge on any atom is 0.227 e. The summed E-state index contributed by atoms with van der Waals surface area (Å²) in [6, 6.07) is 27.6. The summed E-state index contributed by atoms with van der Waals surface area (Å²) >= 11 is 5.93. The maximum absolute atomic E-state index is 12.9. The summed E-state index contributed by atoms with van der Waals surface area (Å²) < 4.78 is 0. The third-order valence-electron chi connectivity index (χ3n) is 4.05. The minimum Gasteiger partial charge on any atom is -0.334 e. The van der Waals surface area contributed by atoms with E-state index in [0.29, 0.717) is 24.5 Å². The van der Waals surface area contributed by atoms with Crippen LogP contribution in [-0.4, -0.2) is 10.8 Å². The standard InChI is InChI=1S/C22H20ClNO/c23-21-13-11-18(12-14-21)15-22(25)24(16-19-7-3-1-4-8-19)17-20-9-5-2-6-10-20/h1-14H,15-17H2. The van der Waals surface area contributed by atoms with Crippen LogP contribution in [0, 0.1) is 0 Å². The van der Waals surface area contributed by atoms with Crippen LogP contribution in [0.1, 0.15) is 16.7 Å². The molecule has 0 saturated carbocycles. The Balaban J connectivity index is 1.76. The molecule has 25 heavy (non-hydrogen) atoms. The van der Waals surface area contributed by atoms with Crippen LogP contribution >= 0.6 is 11.6 Å². The molecule has 3 aromatic rings. The first-order valence-corrected chi connectivity index (χ1v) is 8.68. The van der Waals surface area contributed by atoms with E-state index in [1.807, 2.05) is 89.8 Å². The van der Waals surface area contributed by atoms with Crippen molar-refractivity contribution in [2.75, 3.05) is 0 Å². The fourth-order valence-corrected chi connectivity index (χ4v) is 2.85. The molecule has 0 heterocycles. The van der Waals surface area contributed by atoms with Gasteiger partial charge in [-0.25, -0.2) is 0 Å². The van der Waals surface area contributed by atoms with Crippen molar-refractivity contribution in [2.45, 2.75) is 19.5 Å². The van der Waals surface area contributed by atoms with Crippen LogP contribution in [0.25, 0.3) is 0 Å². The number of benzene rings is 3. The van der Waals surface area contributed by atoms with E-state index in [-0.39, 0.29) is 5.91 Å². The molecule has 0 aliphatic heterocycles. The summed E-state index contributed by atoms with van der Waals surface area (Å²) in [5.41, 5.74) is 3.23. The average molecular weight is 350 g/mol. The van der Waals surface area contributed by atoms with Crippen molar-refractivity contribution in [1.29, 1.82) is 0 Å². The van der Waals surface area contributed by atoms with Gasteiger partial charge in [0.2, 0.25) is 5.91 Å². The van der Waals surface area contributed by atoms with Gasteiger partial charge in [0.1, 0.15) is 0 Å². The number of nitrogens with zero attached hydrogens (tertiary/aromatic N) is 1. The van der Waals surface area contributed by atoms with Crippen molar-refractivity contribution in [3.63, 3.8) is 0 Å². The molecule has 0 radical (unpaired) electrons. The van der Waals surface area contributed by atoms with Crippen LogP contribution < -0.4 is 0 Å². The lowest BCUT2D eigenvalue weighted by molar-refractivity contribution is -0.131. The maximum atomic E-state index is 12.9. The summed E-state index contributed by atoms with van der Waals surface area (Å²) in [6.07, 6.45) is 0.372. The van der Waals surface area contributed by atoms with Crippen LogP contribution in [0.15, 0.2) is 84.9 Å². The highest BCUT2D eigenvalue weighted by atomic mass is 35.5. The monoisotopic (exact) mass is 349 g/mol. The zero-order chi connectivity index (χ0) is 17.5. The summed E-state index contributed by atoms with van der Waals surface area (Å²) in [5, 5.41) is 0.682. The third-order valence-corrected chi connectivity index (χ3v) is 4.31. The number of carbonyl (C=O) groups excluding carboxylic acids is 1. The molecule has 0 N–H and O–H groups in total. The average Bonchev–Trinajstić information content (AvgIpc) is 2.65. The first-order chi connectivity index (χ1) is 12.2. The molecule has 1 amide bonds. The van der Waals surface area contributed by atoms with E-state index in [2.05, 4.69) is 0 Å². The predicted molar refractivity (Wildman–Crippen MR) is 102 cm³/mol. The number of amides is 1. The highest BCUT2D eigenvalue weighted by molar-refractivity contribution is 6.30. The van der Waals surface area contributed by atoms with E-state index in [1.54, 1.807) is 0 Å². The second kappa shape index (κ2) is 8.50. The summed E-state index contributed by atoms with van der Waals surface area (Å²) in [5.74, 6) is 0.107. The lowest BCUT2D eigenvalue weighted by Crippen LogP contribution is -2.31. The van der Waals surface area contributed by atoms with Gasteiger partial charge in [0.15, 0.2) is 0 Å². The van der Waals surface area contributed by atoms with E-state index in [0.717, 1.165) is 16.7 Å². The first kappa shape index (κ1) is 17.2. The summed E-state index contributed by atoms with van der Waals surface area (Å²) in [7, 11) is 0. The number of halogens is 1. The predicted octanol–water partition coefficient (Wildman–Crippen LogP) is 5.11. The molecule has 0 aliphatic carbocycles. The summed E-state index contributed by atoms with van der Waals surface area (Å²) in [4.78, 5) is 14.8. The van der Waals surface area contributed by atoms with E-state index in [1.165, 1.54) is 0 Å². The van der Waals surface area contributed by atoms with Crippen molar-refractivity contribution in [1.82, 2.24) is 4.90 Å². The Morgan fingerprint density at radius 1 is 0.680 bits per heavy atom. The minimum absolute atomic E-state index is 0.107. The molecule has 0 aliphatic rings. The van der Waals surface area contributed by atoms with Crippen LogP contribution in [0.3, 0.4) is 0 Å². The van der Waals surface area contributed by atoms with Crippen molar-refractivity contribution >= 4 is 17.5 Å². The zero-order valence-electron chi connectivity index (χ0n) is 13.9. The molecule has 3 heteroatoms. The molecule has 0 fully saturated rings. The van der Waals surface area contributed by atoms with Gasteiger partial charge in [0.25, 0.3) is 0 Å². The van der Waals surface area contributed by atoms with Crippen LogP contribution in [0.4, 0.5) is 0 Å². The second-order valence-electron chi connectivity index (χ2n) is 6.02. The quantitative estimate of drug-likeness (QED) is 0.605. The van der Waals surface area contributed by atoms with Gasteiger partial charge in [-0.1, -0.05) is 84.4 Å². The zero-order valence-corrected chi connectivity index (χ0v) is 14.7. The number of hydrogen-bond acceptors (Lipinski definition) is 1. The van der Waals surface area contributed by atoms with Gasteiger partial charge in [-0.2, -0.15) is 0 Å². The first-order valence-electron chi connectivity index (χ1n) is 8.31. The smallest absolute Gasteiger partial charge is 0.227 e. The molecule has 3 rings (SSSR count). The van der Waals surface area contributed by atoms with Gasteiger partial charge in [0.05, 0.1) is 6.42 Å². The molecular formula is C22H20ClNO. The number of carbonyl (C=O) groups is 1. The SMILES string of the molecule is O=C(Cc1ccc(Cl)cc1)N(Cc1ccccc1)Cc1ccccc1. The molecule has 0 aromatic heterocycles. The molecule has 126 valence electrons. The number of rotatable bonds is 6. The van der Waals surface area contributed by atoms with Gasteiger partial charge in [0, 0.05) is 18.1 Å². The van der Waals surface area contributed by atoms with Gasteiger partial charge in [-0.3, -0.25) is 4.79 Å². The lowest BCUT2D eigenvalue weighted by atomic mass is 10.1. The Bertz CT molecular complexity index is 759. The largest absolute Gasteiger partial charge is 0.334 e.